The fourth-order valence-electron chi connectivity index (χ4n) is 1.88. The van der Waals surface area contributed by atoms with Gasteiger partial charge < -0.3 is 5.73 Å². The van der Waals surface area contributed by atoms with Gasteiger partial charge in [0.2, 0.25) is 5.91 Å². The van der Waals surface area contributed by atoms with E-state index in [1.54, 1.807) is 0 Å². The lowest BCUT2D eigenvalue weighted by molar-refractivity contribution is -0.120. The summed E-state index contributed by atoms with van der Waals surface area (Å²) in [5.41, 5.74) is 8.75. The molecule has 3 heteroatoms. The van der Waals surface area contributed by atoms with Crippen molar-refractivity contribution in [3.63, 3.8) is 0 Å². The number of carbonyl (C=O) groups is 1. The highest BCUT2D eigenvalue weighted by atomic mass is 16.1. The van der Waals surface area contributed by atoms with E-state index in [4.69, 9.17) is 5.73 Å². The third kappa shape index (κ3) is 2.42. The van der Waals surface area contributed by atoms with E-state index in [2.05, 4.69) is 5.32 Å². The second kappa shape index (κ2) is 4.26. The zero-order chi connectivity index (χ0) is 11.7. The van der Waals surface area contributed by atoms with Gasteiger partial charge in [0, 0.05) is 6.04 Å². The first kappa shape index (κ1) is 11.1. The fraction of sp³-hybridized carbons (Fsp3) is 0.462. The largest absolute Gasteiger partial charge is 0.368 e. The predicted octanol–water partition coefficient (Wildman–Crippen LogP) is 1.58. The van der Waals surface area contributed by atoms with Crippen LogP contribution in [0.1, 0.15) is 35.6 Å². The summed E-state index contributed by atoms with van der Waals surface area (Å²) in [5, 5.41) is 3.30. The Kier molecular flexibility index (Phi) is 2.97. The second-order valence-corrected chi connectivity index (χ2v) is 4.64. The molecule has 86 valence electrons. The van der Waals surface area contributed by atoms with Crippen molar-refractivity contribution in [2.24, 2.45) is 5.73 Å². The zero-order valence-electron chi connectivity index (χ0n) is 9.79. The van der Waals surface area contributed by atoms with Crippen LogP contribution in [0, 0.1) is 13.8 Å². The molecule has 0 radical (unpaired) electrons. The van der Waals surface area contributed by atoms with Gasteiger partial charge in [0.25, 0.3) is 0 Å². The van der Waals surface area contributed by atoms with E-state index in [0.717, 1.165) is 29.5 Å². The third-order valence-corrected chi connectivity index (χ3v) is 3.01. The van der Waals surface area contributed by atoms with E-state index < -0.39 is 0 Å². The maximum absolute atomic E-state index is 11.5. The number of benzene rings is 1. The second-order valence-electron chi connectivity index (χ2n) is 4.64. The summed E-state index contributed by atoms with van der Waals surface area (Å²) < 4.78 is 0. The maximum Gasteiger partial charge on any atom is 0.239 e. The highest BCUT2D eigenvalue weighted by Gasteiger charge is 2.28. The molecule has 1 saturated carbocycles. The number of aryl methyl sites for hydroxylation is 2. The lowest BCUT2D eigenvalue weighted by Gasteiger charge is -2.18. The predicted molar refractivity (Wildman–Crippen MR) is 64.0 cm³/mol. The van der Waals surface area contributed by atoms with Crippen molar-refractivity contribution in [2.75, 3.05) is 0 Å². The third-order valence-electron chi connectivity index (χ3n) is 3.01. The Hall–Kier alpha value is -1.35. The molecule has 0 spiro atoms. The number of hydrogen-bond acceptors (Lipinski definition) is 2. The van der Waals surface area contributed by atoms with Crippen LogP contribution in [0.15, 0.2) is 18.2 Å². The van der Waals surface area contributed by atoms with Crippen molar-refractivity contribution in [3.8, 4) is 0 Å². The van der Waals surface area contributed by atoms with Gasteiger partial charge in [-0.25, -0.2) is 0 Å². The van der Waals surface area contributed by atoms with Crippen LogP contribution < -0.4 is 11.1 Å². The van der Waals surface area contributed by atoms with E-state index in [1.165, 1.54) is 0 Å². The first-order chi connectivity index (χ1) is 7.58. The molecule has 1 atom stereocenters. The Balaban J connectivity index is 2.29. The SMILES string of the molecule is Cc1ccc(C)c(C(NC2CC2)C(N)=O)c1. The average Bonchev–Trinajstić information content (AvgIpc) is 3.02. The fourth-order valence-corrected chi connectivity index (χ4v) is 1.88. The van der Waals surface area contributed by atoms with E-state index in [-0.39, 0.29) is 11.9 Å². The minimum atomic E-state index is -0.340. The van der Waals surface area contributed by atoms with E-state index in [1.807, 2.05) is 32.0 Å². The average molecular weight is 218 g/mol. The minimum absolute atomic E-state index is 0.291. The normalized spacial score (nSPS) is 17.1. The van der Waals surface area contributed by atoms with E-state index in [0.29, 0.717) is 6.04 Å². The number of primary amides is 1. The van der Waals surface area contributed by atoms with Crippen LogP contribution >= 0.6 is 0 Å². The molecule has 3 nitrogen and oxygen atoms in total. The van der Waals surface area contributed by atoms with Gasteiger partial charge in [-0.05, 0) is 37.8 Å². The molecule has 1 aliphatic rings. The van der Waals surface area contributed by atoms with Gasteiger partial charge in [-0.1, -0.05) is 23.8 Å². The van der Waals surface area contributed by atoms with Gasteiger partial charge in [-0.3, -0.25) is 10.1 Å². The standard InChI is InChI=1S/C13H18N2O/c1-8-3-4-9(2)11(7-8)12(13(14)16)15-10-5-6-10/h3-4,7,10,12,15H,5-6H2,1-2H3,(H2,14,16). The quantitative estimate of drug-likeness (QED) is 0.806. The van der Waals surface area contributed by atoms with Crippen LogP contribution in [0.5, 0.6) is 0 Å². The van der Waals surface area contributed by atoms with Gasteiger partial charge in [0.1, 0.15) is 6.04 Å². The van der Waals surface area contributed by atoms with Gasteiger partial charge in [0.05, 0.1) is 0 Å². The number of hydrogen-bond donors (Lipinski definition) is 2. The molecule has 1 unspecified atom stereocenters. The topological polar surface area (TPSA) is 55.1 Å². The number of nitrogens with one attached hydrogen (secondary N) is 1. The van der Waals surface area contributed by atoms with Crippen LogP contribution in [0.2, 0.25) is 0 Å². The molecular weight excluding hydrogens is 200 g/mol. The van der Waals surface area contributed by atoms with Gasteiger partial charge in [-0.15, -0.1) is 0 Å². The molecule has 16 heavy (non-hydrogen) atoms. The molecule has 0 aromatic heterocycles. The molecular formula is C13H18N2O. The lowest BCUT2D eigenvalue weighted by Crippen LogP contribution is -2.35. The summed E-state index contributed by atoms with van der Waals surface area (Å²) in [7, 11) is 0. The van der Waals surface area contributed by atoms with E-state index in [9.17, 15) is 4.79 Å². The Morgan fingerprint density at radius 2 is 2.12 bits per heavy atom. The molecule has 1 aromatic rings. The highest BCUT2D eigenvalue weighted by Crippen LogP contribution is 2.26. The molecule has 0 bridgehead atoms. The Morgan fingerprint density at radius 1 is 1.44 bits per heavy atom. The van der Waals surface area contributed by atoms with Gasteiger partial charge in [-0.2, -0.15) is 0 Å². The summed E-state index contributed by atoms with van der Waals surface area (Å²) in [6.45, 7) is 4.04. The van der Waals surface area contributed by atoms with Gasteiger partial charge in [0.15, 0.2) is 0 Å². The number of amides is 1. The van der Waals surface area contributed by atoms with Crippen molar-refractivity contribution < 1.29 is 4.79 Å². The zero-order valence-corrected chi connectivity index (χ0v) is 9.79. The highest BCUT2D eigenvalue weighted by molar-refractivity contribution is 5.82. The molecule has 0 heterocycles. The van der Waals surface area contributed by atoms with Crippen LogP contribution in [-0.4, -0.2) is 11.9 Å². The molecule has 1 aliphatic carbocycles. The number of carbonyl (C=O) groups excluding carboxylic acids is 1. The summed E-state index contributed by atoms with van der Waals surface area (Å²) in [4.78, 5) is 11.5. The molecule has 0 saturated heterocycles. The lowest BCUT2D eigenvalue weighted by atomic mass is 9.98. The molecule has 2 rings (SSSR count). The first-order valence-corrected chi connectivity index (χ1v) is 5.70. The summed E-state index contributed by atoms with van der Waals surface area (Å²) in [5.74, 6) is -0.291. The van der Waals surface area contributed by atoms with Crippen molar-refractivity contribution in [1.29, 1.82) is 0 Å². The first-order valence-electron chi connectivity index (χ1n) is 5.70. The molecule has 3 N–H and O–H groups in total. The van der Waals surface area contributed by atoms with Crippen LogP contribution in [0.3, 0.4) is 0 Å². The van der Waals surface area contributed by atoms with Crippen molar-refractivity contribution in [2.45, 2.75) is 38.8 Å². The summed E-state index contributed by atoms with van der Waals surface area (Å²) >= 11 is 0. The van der Waals surface area contributed by atoms with E-state index >= 15 is 0 Å². The van der Waals surface area contributed by atoms with Crippen molar-refractivity contribution >= 4 is 5.91 Å². The molecule has 1 fully saturated rings. The Bertz CT molecular complexity index is 410. The van der Waals surface area contributed by atoms with Crippen molar-refractivity contribution in [3.05, 3.63) is 34.9 Å². The summed E-state index contributed by atoms with van der Waals surface area (Å²) in [6, 6.07) is 6.26. The maximum atomic E-state index is 11.5. The Morgan fingerprint density at radius 3 is 2.69 bits per heavy atom. The number of rotatable bonds is 4. The van der Waals surface area contributed by atoms with Crippen LogP contribution in [0.25, 0.3) is 0 Å². The number of nitrogens with two attached hydrogens (primary N) is 1. The Labute approximate surface area is 96.0 Å². The smallest absolute Gasteiger partial charge is 0.239 e. The van der Waals surface area contributed by atoms with Crippen molar-refractivity contribution in [1.82, 2.24) is 5.32 Å². The molecule has 1 amide bonds. The van der Waals surface area contributed by atoms with Gasteiger partial charge >= 0.3 is 0 Å². The molecule has 0 aliphatic heterocycles. The van der Waals surface area contributed by atoms with Crippen LogP contribution in [-0.2, 0) is 4.79 Å². The monoisotopic (exact) mass is 218 g/mol. The molecule has 1 aromatic carbocycles. The minimum Gasteiger partial charge on any atom is -0.368 e. The summed E-state index contributed by atoms with van der Waals surface area (Å²) in [6.07, 6.45) is 2.29. The van der Waals surface area contributed by atoms with Crippen LogP contribution in [0.4, 0.5) is 0 Å².